The predicted octanol–water partition coefficient (Wildman–Crippen LogP) is 2.40. The van der Waals surface area contributed by atoms with Gasteiger partial charge in [-0.2, -0.15) is 4.31 Å². The third-order valence-electron chi connectivity index (χ3n) is 4.27. The Morgan fingerprint density at radius 3 is 2.68 bits per heavy atom. The molecular formula is C18H21BrN2O5S2. The van der Waals surface area contributed by atoms with Crippen LogP contribution in [0, 0.1) is 0 Å². The monoisotopic (exact) mass is 488 g/mol. The number of thiophene rings is 1. The smallest absolute Gasteiger partial charge is 0.246 e. The summed E-state index contributed by atoms with van der Waals surface area (Å²) in [5.74, 6) is 0.0866. The maximum atomic E-state index is 13.0. The number of morpholine rings is 1. The fourth-order valence-electron chi connectivity index (χ4n) is 2.84. The molecule has 1 amide bonds. The molecule has 28 heavy (non-hydrogen) atoms. The Kier molecular flexibility index (Phi) is 7.10. The Labute approximate surface area is 176 Å². The van der Waals surface area contributed by atoms with Crippen molar-refractivity contribution in [2.24, 2.45) is 0 Å². The number of nitrogens with one attached hydrogen (secondary N) is 1. The number of ether oxygens (including phenoxy) is 2. The maximum absolute atomic E-state index is 13.0. The van der Waals surface area contributed by atoms with E-state index in [1.807, 2.05) is 12.1 Å². The molecule has 0 bridgehead atoms. The lowest BCUT2D eigenvalue weighted by Gasteiger charge is -2.26. The number of benzene rings is 1. The molecule has 0 aliphatic carbocycles. The van der Waals surface area contributed by atoms with E-state index in [4.69, 9.17) is 9.47 Å². The van der Waals surface area contributed by atoms with Gasteiger partial charge in [0, 0.05) is 18.0 Å². The van der Waals surface area contributed by atoms with Gasteiger partial charge in [0.2, 0.25) is 15.9 Å². The number of hydrogen-bond donors (Lipinski definition) is 1. The average Bonchev–Trinajstić information content (AvgIpc) is 3.12. The number of sulfonamides is 1. The maximum Gasteiger partial charge on any atom is 0.246 e. The Hall–Kier alpha value is -1.46. The fraction of sp³-hybridized carbons (Fsp3) is 0.389. The second-order valence-electron chi connectivity index (χ2n) is 6.16. The minimum Gasteiger partial charge on any atom is -0.495 e. The van der Waals surface area contributed by atoms with E-state index < -0.39 is 10.0 Å². The van der Waals surface area contributed by atoms with Gasteiger partial charge in [-0.25, -0.2) is 8.42 Å². The molecule has 0 unspecified atom stereocenters. The molecule has 0 spiro atoms. The highest BCUT2D eigenvalue weighted by atomic mass is 79.9. The first-order valence-electron chi connectivity index (χ1n) is 8.66. The molecule has 2 aromatic rings. The van der Waals surface area contributed by atoms with Crippen molar-refractivity contribution in [1.29, 1.82) is 0 Å². The van der Waals surface area contributed by atoms with Crippen molar-refractivity contribution in [3.05, 3.63) is 44.6 Å². The van der Waals surface area contributed by atoms with E-state index in [1.165, 1.54) is 17.5 Å². The quantitative estimate of drug-likeness (QED) is 0.646. The number of hydrogen-bond acceptors (Lipinski definition) is 6. The van der Waals surface area contributed by atoms with Crippen LogP contribution in [0.25, 0.3) is 0 Å². The van der Waals surface area contributed by atoms with Crippen LogP contribution in [0.2, 0.25) is 0 Å². The average molecular weight is 489 g/mol. The zero-order chi connectivity index (χ0) is 20.1. The molecule has 1 aromatic heterocycles. The van der Waals surface area contributed by atoms with Crippen molar-refractivity contribution >= 4 is 43.2 Å². The predicted molar refractivity (Wildman–Crippen MR) is 110 cm³/mol. The number of amides is 1. The molecule has 3 rings (SSSR count). The molecule has 152 valence electrons. The Bertz CT molecular complexity index is 939. The van der Waals surface area contributed by atoms with Crippen LogP contribution in [-0.4, -0.2) is 52.0 Å². The summed E-state index contributed by atoms with van der Waals surface area (Å²) >= 11 is 4.94. The number of carbonyl (C=O) groups is 1. The first kappa shape index (κ1) is 21.3. The number of rotatable bonds is 7. The minimum absolute atomic E-state index is 0.0735. The fourth-order valence-corrected chi connectivity index (χ4v) is 5.88. The summed E-state index contributed by atoms with van der Waals surface area (Å²) < 4.78 is 38.9. The van der Waals surface area contributed by atoms with E-state index >= 15 is 0 Å². The van der Waals surface area contributed by atoms with Gasteiger partial charge in [0.15, 0.2) is 0 Å². The summed E-state index contributed by atoms with van der Waals surface area (Å²) in [6.45, 7) is 1.76. The van der Waals surface area contributed by atoms with Crippen LogP contribution in [0.3, 0.4) is 0 Å². The highest BCUT2D eigenvalue weighted by molar-refractivity contribution is 9.11. The third kappa shape index (κ3) is 5.12. The molecule has 10 heteroatoms. The van der Waals surface area contributed by atoms with E-state index in [1.54, 1.807) is 23.5 Å². The zero-order valence-electron chi connectivity index (χ0n) is 15.3. The lowest BCUT2D eigenvalue weighted by atomic mass is 10.1. The summed E-state index contributed by atoms with van der Waals surface area (Å²) in [6, 6.07) is 8.68. The molecule has 1 aliphatic heterocycles. The van der Waals surface area contributed by atoms with Crippen LogP contribution in [0.15, 0.2) is 39.0 Å². The van der Waals surface area contributed by atoms with Gasteiger partial charge in [-0.1, -0.05) is 6.07 Å². The van der Waals surface area contributed by atoms with Crippen LogP contribution in [0.5, 0.6) is 5.75 Å². The van der Waals surface area contributed by atoms with Gasteiger partial charge in [-0.05, 0) is 45.8 Å². The van der Waals surface area contributed by atoms with Gasteiger partial charge in [0.25, 0.3) is 0 Å². The molecule has 1 fully saturated rings. The van der Waals surface area contributed by atoms with Crippen molar-refractivity contribution in [3.8, 4) is 5.75 Å². The van der Waals surface area contributed by atoms with Gasteiger partial charge in [-0.15, -0.1) is 11.3 Å². The first-order chi connectivity index (χ1) is 13.4. The molecule has 7 nitrogen and oxygen atoms in total. The number of halogens is 1. The molecule has 0 radical (unpaired) electrons. The summed E-state index contributed by atoms with van der Waals surface area (Å²) in [5.41, 5.74) is 0.609. The number of carbonyl (C=O) groups excluding carboxylic acids is 1. The van der Waals surface area contributed by atoms with E-state index in [2.05, 4.69) is 21.2 Å². The molecule has 2 heterocycles. The largest absolute Gasteiger partial charge is 0.495 e. The normalized spacial score (nSPS) is 15.4. The van der Waals surface area contributed by atoms with Crippen LogP contribution in [0.1, 0.15) is 10.4 Å². The van der Waals surface area contributed by atoms with E-state index in [0.29, 0.717) is 38.4 Å². The molecule has 0 saturated carbocycles. The van der Waals surface area contributed by atoms with Crippen LogP contribution in [0.4, 0.5) is 0 Å². The van der Waals surface area contributed by atoms with Crippen molar-refractivity contribution in [2.45, 2.75) is 17.9 Å². The summed E-state index contributed by atoms with van der Waals surface area (Å²) in [7, 11) is -2.29. The first-order valence-corrected chi connectivity index (χ1v) is 11.7. The van der Waals surface area contributed by atoms with Gasteiger partial charge in [-0.3, -0.25) is 4.79 Å². The topological polar surface area (TPSA) is 84.9 Å². The minimum atomic E-state index is -3.72. The summed E-state index contributed by atoms with van der Waals surface area (Å²) in [6.07, 6.45) is 0.0855. The number of methoxy groups -OCH3 is 1. The van der Waals surface area contributed by atoms with Gasteiger partial charge >= 0.3 is 0 Å². The Morgan fingerprint density at radius 1 is 1.29 bits per heavy atom. The second-order valence-corrected chi connectivity index (χ2v) is 10.6. The van der Waals surface area contributed by atoms with Gasteiger partial charge < -0.3 is 14.8 Å². The van der Waals surface area contributed by atoms with Crippen LogP contribution < -0.4 is 10.1 Å². The van der Waals surface area contributed by atoms with Gasteiger partial charge in [0.05, 0.1) is 37.1 Å². The Balaban J connectivity index is 1.73. The molecule has 1 saturated heterocycles. The lowest BCUT2D eigenvalue weighted by Crippen LogP contribution is -2.40. The van der Waals surface area contributed by atoms with Crippen molar-refractivity contribution < 1.29 is 22.7 Å². The molecule has 1 aromatic carbocycles. The van der Waals surface area contributed by atoms with E-state index in [-0.39, 0.29) is 23.0 Å². The summed E-state index contributed by atoms with van der Waals surface area (Å²) in [5, 5.41) is 2.85. The van der Waals surface area contributed by atoms with E-state index in [0.717, 1.165) is 8.66 Å². The Morgan fingerprint density at radius 2 is 2.04 bits per heavy atom. The highest BCUT2D eigenvalue weighted by Gasteiger charge is 2.29. The van der Waals surface area contributed by atoms with Gasteiger partial charge in [0.1, 0.15) is 10.6 Å². The lowest BCUT2D eigenvalue weighted by molar-refractivity contribution is -0.120. The molecule has 1 N–H and O–H groups in total. The highest BCUT2D eigenvalue weighted by Crippen LogP contribution is 2.28. The van der Waals surface area contributed by atoms with Crippen LogP contribution >= 0.6 is 27.3 Å². The molecule has 0 atom stereocenters. The number of nitrogens with zero attached hydrogens (tertiary/aromatic N) is 1. The van der Waals surface area contributed by atoms with E-state index in [9.17, 15) is 13.2 Å². The third-order valence-corrected chi connectivity index (χ3v) is 7.81. The van der Waals surface area contributed by atoms with Crippen LogP contribution in [-0.2, 0) is 32.5 Å². The van der Waals surface area contributed by atoms with Crippen molar-refractivity contribution in [3.63, 3.8) is 0 Å². The SMILES string of the molecule is COc1ccc(CC(=O)NCc2ccc(Br)s2)cc1S(=O)(=O)N1CCOCC1. The summed E-state index contributed by atoms with van der Waals surface area (Å²) in [4.78, 5) is 13.4. The molecular weight excluding hydrogens is 468 g/mol. The standard InChI is InChI=1S/C18H21BrN2O5S2/c1-25-15-4-2-13(11-18(22)20-12-14-3-5-17(19)27-14)10-16(15)28(23,24)21-6-8-26-9-7-21/h2-5,10H,6-9,11-12H2,1H3,(H,20,22). The zero-order valence-corrected chi connectivity index (χ0v) is 18.5. The van der Waals surface area contributed by atoms with Crippen molar-refractivity contribution in [2.75, 3.05) is 33.4 Å². The molecule has 1 aliphatic rings. The van der Waals surface area contributed by atoms with Crippen molar-refractivity contribution in [1.82, 2.24) is 9.62 Å². The second kappa shape index (κ2) is 9.36.